The van der Waals surface area contributed by atoms with Crippen LogP contribution in [0.5, 0.6) is 11.6 Å². The third-order valence-corrected chi connectivity index (χ3v) is 4.32. The van der Waals surface area contributed by atoms with Crippen molar-refractivity contribution in [3.8, 4) is 11.6 Å². The van der Waals surface area contributed by atoms with Gasteiger partial charge in [-0.15, -0.1) is 0 Å². The van der Waals surface area contributed by atoms with Gasteiger partial charge in [-0.2, -0.15) is 13.2 Å². The van der Waals surface area contributed by atoms with Gasteiger partial charge in [-0.3, -0.25) is 4.57 Å². The predicted octanol–water partition coefficient (Wildman–Crippen LogP) is 4.61. The molecule has 0 bridgehead atoms. The molecule has 0 radical (unpaired) electrons. The van der Waals surface area contributed by atoms with Crippen LogP contribution in [0.3, 0.4) is 0 Å². The maximum Gasteiger partial charge on any atom is 0.417 e. The zero-order valence-corrected chi connectivity index (χ0v) is 13.6. The van der Waals surface area contributed by atoms with E-state index in [1.807, 2.05) is 0 Å². The lowest BCUT2D eigenvalue weighted by Gasteiger charge is -2.12. The van der Waals surface area contributed by atoms with Crippen LogP contribution in [0.1, 0.15) is 18.1 Å². The van der Waals surface area contributed by atoms with Crippen molar-refractivity contribution in [3.63, 3.8) is 0 Å². The summed E-state index contributed by atoms with van der Waals surface area (Å²) in [5.74, 6) is 0.272. The van der Waals surface area contributed by atoms with Gasteiger partial charge in [0.25, 0.3) is 0 Å². The summed E-state index contributed by atoms with van der Waals surface area (Å²) in [5.41, 5.74) is -0.375. The first-order valence-electron chi connectivity index (χ1n) is 6.96. The average molecular weight is 361 g/mol. The van der Waals surface area contributed by atoms with Crippen molar-refractivity contribution in [1.82, 2.24) is 4.98 Å². The topological polar surface area (TPSA) is 68.7 Å². The van der Waals surface area contributed by atoms with Gasteiger partial charge in [0.1, 0.15) is 5.75 Å². The van der Waals surface area contributed by atoms with E-state index in [1.165, 1.54) is 6.07 Å². The Morgan fingerprint density at radius 2 is 2.00 bits per heavy atom. The third kappa shape index (κ3) is 5.33. The molecule has 0 aliphatic rings. The molecule has 1 aromatic carbocycles. The minimum absolute atomic E-state index is 0.0165. The van der Waals surface area contributed by atoms with Gasteiger partial charge >= 0.3 is 13.8 Å². The fourth-order valence-electron chi connectivity index (χ4n) is 1.91. The summed E-state index contributed by atoms with van der Waals surface area (Å²) in [4.78, 5) is 13.2. The Morgan fingerprint density at radius 1 is 1.25 bits per heavy atom. The van der Waals surface area contributed by atoms with Crippen LogP contribution in [0.4, 0.5) is 13.2 Å². The lowest BCUT2D eigenvalue weighted by Crippen LogP contribution is -2.05. The predicted molar refractivity (Wildman–Crippen MR) is 80.9 cm³/mol. The van der Waals surface area contributed by atoms with Gasteiger partial charge in [0.2, 0.25) is 5.88 Å². The second kappa shape index (κ2) is 7.34. The molecule has 0 aliphatic carbocycles. The summed E-state index contributed by atoms with van der Waals surface area (Å²) in [6, 6.07) is 8.25. The van der Waals surface area contributed by atoms with Crippen molar-refractivity contribution >= 4 is 7.60 Å². The van der Waals surface area contributed by atoms with Crippen LogP contribution in [-0.4, -0.2) is 16.5 Å². The number of pyridine rings is 1. The molecule has 1 heterocycles. The van der Waals surface area contributed by atoms with E-state index in [0.29, 0.717) is 11.8 Å². The maximum atomic E-state index is 12.5. The van der Waals surface area contributed by atoms with Crippen LogP contribution in [0.15, 0.2) is 42.6 Å². The second-order valence-corrected chi connectivity index (χ2v) is 6.70. The molecule has 0 spiro atoms. The number of rotatable bonds is 6. The normalized spacial score (nSPS) is 14.2. The van der Waals surface area contributed by atoms with Crippen molar-refractivity contribution in [2.24, 2.45) is 0 Å². The lowest BCUT2D eigenvalue weighted by atomic mass is 10.2. The number of nitrogens with zero attached hydrogens (tertiary/aromatic N) is 1. The van der Waals surface area contributed by atoms with Crippen LogP contribution in [0.2, 0.25) is 0 Å². The molecular formula is C15H15F3NO4P. The number of hydrogen-bond acceptors (Lipinski definition) is 4. The first kappa shape index (κ1) is 18.4. The fraction of sp³-hybridized carbons (Fsp3) is 0.267. The Labute approximate surface area is 136 Å². The van der Waals surface area contributed by atoms with Crippen molar-refractivity contribution in [3.05, 3.63) is 53.7 Å². The molecule has 1 atom stereocenters. The monoisotopic (exact) mass is 361 g/mol. The molecule has 0 fully saturated rings. The quantitative estimate of drug-likeness (QED) is 0.761. The van der Waals surface area contributed by atoms with E-state index in [1.54, 1.807) is 25.1 Å². The number of hydrogen-bond donors (Lipinski definition) is 1. The van der Waals surface area contributed by atoms with Gasteiger partial charge in [0.15, 0.2) is 0 Å². The molecule has 1 unspecified atom stereocenters. The van der Waals surface area contributed by atoms with E-state index in [0.717, 1.165) is 12.1 Å². The molecule has 24 heavy (non-hydrogen) atoms. The van der Waals surface area contributed by atoms with Gasteiger partial charge in [-0.1, -0.05) is 12.1 Å². The fourth-order valence-corrected chi connectivity index (χ4v) is 3.07. The average Bonchev–Trinajstić information content (AvgIpc) is 2.46. The second-order valence-electron chi connectivity index (χ2n) is 4.85. The molecule has 1 aromatic heterocycles. The Balaban J connectivity index is 2.11. The summed E-state index contributed by atoms with van der Waals surface area (Å²) >= 11 is 0. The zero-order chi connectivity index (χ0) is 17.8. The van der Waals surface area contributed by atoms with E-state index in [4.69, 9.17) is 9.26 Å². The smallest absolute Gasteiger partial charge is 0.417 e. The van der Waals surface area contributed by atoms with Gasteiger partial charge in [-0.25, -0.2) is 4.98 Å². The summed E-state index contributed by atoms with van der Waals surface area (Å²) in [7, 11) is -3.74. The van der Waals surface area contributed by atoms with E-state index < -0.39 is 19.3 Å². The van der Waals surface area contributed by atoms with E-state index in [-0.39, 0.29) is 24.4 Å². The highest BCUT2D eigenvalue weighted by molar-refractivity contribution is 7.51. The van der Waals surface area contributed by atoms with Gasteiger partial charge in [0.05, 0.1) is 18.3 Å². The highest BCUT2D eigenvalue weighted by Crippen LogP contribution is 2.45. The summed E-state index contributed by atoms with van der Waals surface area (Å²) < 4.78 is 59.3. The van der Waals surface area contributed by atoms with Gasteiger partial charge in [0, 0.05) is 12.3 Å². The Morgan fingerprint density at radius 3 is 2.58 bits per heavy atom. The standard InChI is InChI=1S/C15H15F3NO4P/c1-2-22-24(20,21)10-11-4-3-5-13(8-11)23-14-7-6-12(9-19-14)15(16,17)18/h3-9H,2,10H2,1H3,(H,20,21). The van der Waals surface area contributed by atoms with Crippen molar-refractivity contribution in [1.29, 1.82) is 0 Å². The maximum absolute atomic E-state index is 12.5. The van der Waals surface area contributed by atoms with Crippen LogP contribution in [-0.2, 0) is 21.4 Å². The van der Waals surface area contributed by atoms with Crippen LogP contribution in [0, 0.1) is 0 Å². The molecule has 2 rings (SSSR count). The first-order valence-corrected chi connectivity index (χ1v) is 8.72. The van der Waals surface area contributed by atoms with E-state index >= 15 is 0 Å². The number of aromatic nitrogens is 1. The lowest BCUT2D eigenvalue weighted by molar-refractivity contribution is -0.137. The Hall–Kier alpha value is -1.89. The SMILES string of the molecule is CCOP(=O)(O)Cc1cccc(Oc2ccc(C(F)(F)F)cn2)c1. The summed E-state index contributed by atoms with van der Waals surface area (Å²) in [5, 5.41) is 0. The first-order chi connectivity index (χ1) is 11.2. The molecule has 0 amide bonds. The van der Waals surface area contributed by atoms with Crippen molar-refractivity contribution < 1.29 is 31.9 Å². The van der Waals surface area contributed by atoms with Crippen LogP contribution >= 0.6 is 7.60 Å². The molecule has 2 aromatic rings. The number of alkyl halides is 3. The molecule has 0 saturated carbocycles. The Kier molecular flexibility index (Phi) is 5.64. The molecule has 9 heteroatoms. The number of ether oxygens (including phenoxy) is 1. The minimum Gasteiger partial charge on any atom is -0.439 e. The van der Waals surface area contributed by atoms with Crippen molar-refractivity contribution in [2.75, 3.05) is 6.61 Å². The number of benzene rings is 1. The number of halogens is 3. The van der Waals surface area contributed by atoms with Gasteiger partial charge in [-0.05, 0) is 30.7 Å². The Bertz CT molecular complexity index is 734. The van der Waals surface area contributed by atoms with Crippen LogP contribution < -0.4 is 4.74 Å². The molecule has 130 valence electrons. The molecule has 1 N–H and O–H groups in total. The summed E-state index contributed by atoms with van der Waals surface area (Å²) in [6.07, 6.45) is -3.98. The largest absolute Gasteiger partial charge is 0.439 e. The van der Waals surface area contributed by atoms with Crippen molar-refractivity contribution in [2.45, 2.75) is 19.3 Å². The third-order valence-electron chi connectivity index (χ3n) is 2.90. The zero-order valence-electron chi connectivity index (χ0n) is 12.7. The molecule has 0 saturated heterocycles. The molecule has 5 nitrogen and oxygen atoms in total. The van der Waals surface area contributed by atoms with Gasteiger partial charge < -0.3 is 14.2 Å². The van der Waals surface area contributed by atoms with E-state index in [2.05, 4.69) is 4.98 Å². The summed E-state index contributed by atoms with van der Waals surface area (Å²) in [6.45, 7) is 1.72. The molecule has 0 aliphatic heterocycles. The van der Waals surface area contributed by atoms with E-state index in [9.17, 15) is 22.6 Å². The highest BCUT2D eigenvalue weighted by atomic mass is 31.2. The highest BCUT2D eigenvalue weighted by Gasteiger charge is 2.30. The van der Waals surface area contributed by atoms with Crippen LogP contribution in [0.25, 0.3) is 0 Å². The minimum atomic E-state index is -4.47. The molecular weight excluding hydrogens is 346 g/mol.